The molecule has 0 fully saturated rings. The number of ketones is 1. The standard InChI is InChI=1S/C17H15N3O2/c1-11-5-4-6-12(9-11)17(22)20-14-8-3-2-7-13(14)16(19-20)15(21)10-18/h2-9H,10,18H2,1H3. The summed E-state index contributed by atoms with van der Waals surface area (Å²) >= 11 is 0. The third-order valence-electron chi connectivity index (χ3n) is 3.49. The van der Waals surface area contributed by atoms with Gasteiger partial charge in [0.2, 0.25) is 0 Å². The highest BCUT2D eigenvalue weighted by atomic mass is 16.2. The molecule has 0 aliphatic heterocycles. The maximum absolute atomic E-state index is 12.7. The van der Waals surface area contributed by atoms with Gasteiger partial charge in [0.25, 0.3) is 5.91 Å². The van der Waals surface area contributed by atoms with E-state index in [0.717, 1.165) is 5.56 Å². The van der Waals surface area contributed by atoms with Crippen molar-refractivity contribution in [3.63, 3.8) is 0 Å². The number of aryl methyl sites for hydroxylation is 1. The molecule has 2 aromatic carbocycles. The molecule has 0 bridgehead atoms. The van der Waals surface area contributed by atoms with E-state index in [1.165, 1.54) is 4.68 Å². The number of benzene rings is 2. The number of hydrogen-bond donors (Lipinski definition) is 1. The lowest BCUT2D eigenvalue weighted by Gasteiger charge is -2.03. The topological polar surface area (TPSA) is 78.0 Å². The molecule has 0 atom stereocenters. The highest BCUT2D eigenvalue weighted by molar-refractivity contribution is 6.10. The van der Waals surface area contributed by atoms with Gasteiger partial charge in [-0.15, -0.1) is 0 Å². The van der Waals surface area contributed by atoms with Crippen LogP contribution in [0, 0.1) is 6.92 Å². The quantitative estimate of drug-likeness (QED) is 0.751. The lowest BCUT2D eigenvalue weighted by molar-refractivity contribution is 0.0948. The summed E-state index contributed by atoms with van der Waals surface area (Å²) in [6.45, 7) is 1.78. The molecule has 0 spiro atoms. The van der Waals surface area contributed by atoms with Gasteiger partial charge in [-0.25, -0.2) is 0 Å². The molecule has 0 radical (unpaired) electrons. The molecule has 0 aliphatic carbocycles. The summed E-state index contributed by atoms with van der Waals surface area (Å²) in [5.74, 6) is -0.553. The average Bonchev–Trinajstić information content (AvgIpc) is 2.93. The summed E-state index contributed by atoms with van der Waals surface area (Å²) in [6.07, 6.45) is 0. The Balaban J connectivity index is 2.19. The number of nitrogens with zero attached hydrogens (tertiary/aromatic N) is 2. The highest BCUT2D eigenvalue weighted by Gasteiger charge is 2.20. The molecule has 2 N–H and O–H groups in total. The van der Waals surface area contributed by atoms with E-state index < -0.39 is 0 Å². The van der Waals surface area contributed by atoms with E-state index in [1.807, 2.05) is 19.1 Å². The second-order valence-electron chi connectivity index (χ2n) is 5.08. The SMILES string of the molecule is Cc1cccc(C(=O)n2nc(C(=O)CN)c3ccccc32)c1. The fourth-order valence-electron chi connectivity index (χ4n) is 2.42. The van der Waals surface area contributed by atoms with Crippen LogP contribution in [0.1, 0.15) is 26.4 Å². The van der Waals surface area contributed by atoms with Crippen LogP contribution < -0.4 is 5.73 Å². The van der Waals surface area contributed by atoms with Crippen molar-refractivity contribution in [2.75, 3.05) is 6.54 Å². The first-order chi connectivity index (χ1) is 10.6. The van der Waals surface area contributed by atoms with Gasteiger partial charge in [0.05, 0.1) is 12.1 Å². The summed E-state index contributed by atoms with van der Waals surface area (Å²) in [4.78, 5) is 24.6. The van der Waals surface area contributed by atoms with Crippen molar-refractivity contribution in [3.05, 3.63) is 65.4 Å². The largest absolute Gasteiger partial charge is 0.324 e. The maximum atomic E-state index is 12.7. The van der Waals surface area contributed by atoms with Crippen molar-refractivity contribution >= 4 is 22.6 Å². The summed E-state index contributed by atoms with van der Waals surface area (Å²) < 4.78 is 1.27. The molecule has 22 heavy (non-hydrogen) atoms. The Labute approximate surface area is 127 Å². The third-order valence-corrected chi connectivity index (χ3v) is 3.49. The van der Waals surface area contributed by atoms with E-state index in [-0.39, 0.29) is 23.9 Å². The summed E-state index contributed by atoms with van der Waals surface area (Å²) in [5.41, 5.74) is 7.78. The van der Waals surface area contributed by atoms with Crippen LogP contribution in [0.2, 0.25) is 0 Å². The second-order valence-corrected chi connectivity index (χ2v) is 5.08. The Bertz CT molecular complexity index is 880. The first-order valence-electron chi connectivity index (χ1n) is 6.94. The molecule has 0 saturated heterocycles. The Morgan fingerprint density at radius 2 is 1.91 bits per heavy atom. The van der Waals surface area contributed by atoms with Gasteiger partial charge in [0, 0.05) is 10.9 Å². The Kier molecular flexibility index (Phi) is 3.56. The molecule has 1 aromatic heterocycles. The van der Waals surface area contributed by atoms with E-state index in [9.17, 15) is 9.59 Å². The zero-order valence-electron chi connectivity index (χ0n) is 12.1. The van der Waals surface area contributed by atoms with E-state index in [4.69, 9.17) is 5.73 Å². The molecule has 3 rings (SSSR count). The second kappa shape index (κ2) is 5.54. The maximum Gasteiger partial charge on any atom is 0.278 e. The van der Waals surface area contributed by atoms with Crippen LogP contribution in [0.3, 0.4) is 0 Å². The molecule has 0 unspecified atom stereocenters. The van der Waals surface area contributed by atoms with Crippen molar-refractivity contribution in [2.45, 2.75) is 6.92 Å². The van der Waals surface area contributed by atoms with E-state index in [0.29, 0.717) is 16.5 Å². The average molecular weight is 293 g/mol. The van der Waals surface area contributed by atoms with Crippen LogP contribution in [0.5, 0.6) is 0 Å². The molecule has 0 aliphatic rings. The fraction of sp³-hybridized carbons (Fsp3) is 0.118. The smallest absolute Gasteiger partial charge is 0.278 e. The van der Waals surface area contributed by atoms with Gasteiger partial charge < -0.3 is 5.73 Å². The van der Waals surface area contributed by atoms with Gasteiger partial charge in [-0.1, -0.05) is 35.9 Å². The van der Waals surface area contributed by atoms with Crippen molar-refractivity contribution in [1.82, 2.24) is 9.78 Å². The zero-order chi connectivity index (χ0) is 15.7. The molecule has 0 amide bonds. The minimum absolute atomic E-state index is 0.139. The monoisotopic (exact) mass is 293 g/mol. The number of carbonyl (C=O) groups is 2. The Morgan fingerprint density at radius 1 is 1.14 bits per heavy atom. The number of aromatic nitrogens is 2. The molecular weight excluding hydrogens is 278 g/mol. The van der Waals surface area contributed by atoms with Gasteiger partial charge in [-0.3, -0.25) is 9.59 Å². The van der Waals surface area contributed by atoms with Gasteiger partial charge in [0.15, 0.2) is 5.78 Å². The van der Waals surface area contributed by atoms with Crippen molar-refractivity contribution in [1.29, 1.82) is 0 Å². The third kappa shape index (κ3) is 2.31. The summed E-state index contributed by atoms with van der Waals surface area (Å²) in [6, 6.07) is 14.4. The number of para-hydroxylation sites is 1. The lowest BCUT2D eigenvalue weighted by atomic mass is 10.1. The highest BCUT2D eigenvalue weighted by Crippen LogP contribution is 2.20. The Morgan fingerprint density at radius 3 is 2.64 bits per heavy atom. The number of fused-ring (bicyclic) bond motifs is 1. The normalized spacial score (nSPS) is 10.8. The zero-order valence-corrected chi connectivity index (χ0v) is 12.1. The summed E-state index contributed by atoms with van der Waals surface area (Å²) in [5, 5.41) is 4.84. The van der Waals surface area contributed by atoms with Crippen LogP contribution in [-0.4, -0.2) is 28.0 Å². The van der Waals surface area contributed by atoms with Crippen LogP contribution in [0.4, 0.5) is 0 Å². The predicted molar refractivity (Wildman–Crippen MR) is 84.0 cm³/mol. The molecule has 0 saturated carbocycles. The van der Waals surface area contributed by atoms with Gasteiger partial charge in [-0.05, 0) is 25.1 Å². The van der Waals surface area contributed by atoms with Gasteiger partial charge in [0.1, 0.15) is 5.69 Å². The Hall–Kier alpha value is -2.79. The minimum Gasteiger partial charge on any atom is -0.324 e. The minimum atomic E-state index is -0.285. The van der Waals surface area contributed by atoms with Crippen molar-refractivity contribution < 1.29 is 9.59 Å². The van der Waals surface area contributed by atoms with Crippen molar-refractivity contribution in [3.8, 4) is 0 Å². The van der Waals surface area contributed by atoms with E-state index >= 15 is 0 Å². The first-order valence-corrected chi connectivity index (χ1v) is 6.94. The molecule has 110 valence electrons. The van der Waals surface area contributed by atoms with Crippen LogP contribution in [-0.2, 0) is 0 Å². The van der Waals surface area contributed by atoms with Crippen molar-refractivity contribution in [2.24, 2.45) is 5.73 Å². The van der Waals surface area contributed by atoms with E-state index in [2.05, 4.69) is 5.10 Å². The van der Waals surface area contributed by atoms with Crippen LogP contribution >= 0.6 is 0 Å². The number of rotatable bonds is 3. The molecular formula is C17H15N3O2. The first kappa shape index (κ1) is 14.2. The van der Waals surface area contributed by atoms with Crippen LogP contribution in [0.15, 0.2) is 48.5 Å². The van der Waals surface area contributed by atoms with E-state index in [1.54, 1.807) is 36.4 Å². The molecule has 3 aromatic rings. The number of Topliss-reactive ketones (excluding diaryl/α,β-unsaturated/α-hetero) is 1. The number of nitrogens with two attached hydrogens (primary N) is 1. The fourth-order valence-corrected chi connectivity index (χ4v) is 2.42. The van der Waals surface area contributed by atoms with Crippen LogP contribution in [0.25, 0.3) is 10.9 Å². The molecule has 5 nitrogen and oxygen atoms in total. The number of hydrogen-bond acceptors (Lipinski definition) is 4. The summed E-state index contributed by atoms with van der Waals surface area (Å²) in [7, 11) is 0. The van der Waals surface area contributed by atoms with Gasteiger partial charge in [-0.2, -0.15) is 9.78 Å². The molecule has 5 heteroatoms. The van der Waals surface area contributed by atoms with Gasteiger partial charge >= 0.3 is 0 Å². The molecule has 1 heterocycles. The predicted octanol–water partition coefficient (Wildman–Crippen LogP) is 2.17. The number of carbonyl (C=O) groups excluding carboxylic acids is 2. The lowest BCUT2D eigenvalue weighted by Crippen LogP contribution is -2.17.